The molecule has 0 aliphatic heterocycles. The molecule has 3 N–H and O–H groups in total. The molecule has 0 aliphatic carbocycles. The number of halogens is 2. The van der Waals surface area contributed by atoms with Crippen molar-refractivity contribution in [2.45, 2.75) is 0 Å². The number of ketones is 1. The second kappa shape index (κ2) is 6.55. The van der Waals surface area contributed by atoms with Crippen LogP contribution in [0.25, 0.3) is 10.9 Å². The molecule has 0 fully saturated rings. The fourth-order valence-corrected chi connectivity index (χ4v) is 2.84. The lowest BCUT2D eigenvalue weighted by atomic mass is 10.1. The van der Waals surface area contributed by atoms with E-state index in [1.165, 1.54) is 12.1 Å². The Labute approximate surface area is 147 Å². The van der Waals surface area contributed by atoms with Crippen LogP contribution in [0.1, 0.15) is 20.7 Å². The first kappa shape index (κ1) is 16.4. The normalized spacial score (nSPS) is 10.8. The Kier molecular flexibility index (Phi) is 4.46. The average molecular weight is 363 g/mol. The van der Waals surface area contributed by atoms with E-state index in [4.69, 9.17) is 33.7 Å². The topological polar surface area (TPSA) is 85.2 Å². The predicted molar refractivity (Wildman–Crippen MR) is 93.8 cm³/mol. The summed E-state index contributed by atoms with van der Waals surface area (Å²) in [6.07, 6.45) is 1.59. The van der Waals surface area contributed by atoms with Gasteiger partial charge in [0.25, 0.3) is 0 Å². The maximum atomic E-state index is 12.3. The summed E-state index contributed by atoms with van der Waals surface area (Å²) in [6, 6.07) is 10.1. The van der Waals surface area contributed by atoms with Gasteiger partial charge in [-0.1, -0.05) is 41.4 Å². The number of hydrogen-bond acceptors (Lipinski definition) is 4. The Balaban J connectivity index is 1.76. The molecule has 0 spiro atoms. The van der Waals surface area contributed by atoms with Gasteiger partial charge in [0.05, 0.1) is 16.3 Å². The zero-order valence-electron chi connectivity index (χ0n) is 12.3. The summed E-state index contributed by atoms with van der Waals surface area (Å²) in [4.78, 5) is 27.4. The number of aromatic nitrogens is 1. The number of carbonyl (C=O) groups is 2. The molecule has 0 bridgehead atoms. The van der Waals surface area contributed by atoms with Crippen molar-refractivity contribution in [3.05, 3.63) is 63.8 Å². The molecule has 0 radical (unpaired) electrons. The van der Waals surface area contributed by atoms with Gasteiger partial charge in [0.2, 0.25) is 5.78 Å². The van der Waals surface area contributed by atoms with Crippen LogP contribution in [0.2, 0.25) is 10.0 Å². The molecule has 1 aromatic heterocycles. The van der Waals surface area contributed by atoms with Crippen molar-refractivity contribution in [1.82, 2.24) is 4.98 Å². The number of anilines is 1. The number of benzene rings is 2. The minimum absolute atomic E-state index is 0.0271. The molecule has 122 valence electrons. The highest BCUT2D eigenvalue weighted by molar-refractivity contribution is 6.37. The zero-order chi connectivity index (χ0) is 17.3. The number of para-hydroxylation sites is 1. The standard InChI is InChI=1S/C17H12Cl2N2O3/c18-9-5-11(16(20)13(19)6-9)17(23)24-8-15(22)12-7-21-14-4-2-1-3-10(12)14/h1-7,21H,8,20H2. The second-order valence-corrected chi connectivity index (χ2v) is 5.94. The van der Waals surface area contributed by atoms with Crippen LogP contribution >= 0.6 is 23.2 Å². The van der Waals surface area contributed by atoms with Gasteiger partial charge in [-0.2, -0.15) is 0 Å². The fourth-order valence-electron chi connectivity index (χ4n) is 2.34. The third-order valence-corrected chi connectivity index (χ3v) is 4.07. The molecule has 3 rings (SSSR count). The highest BCUT2D eigenvalue weighted by Crippen LogP contribution is 2.28. The Morgan fingerprint density at radius 2 is 1.88 bits per heavy atom. The number of nitrogen functional groups attached to an aromatic ring is 1. The number of nitrogens with two attached hydrogens (primary N) is 1. The molecule has 5 nitrogen and oxygen atoms in total. The van der Waals surface area contributed by atoms with Crippen LogP contribution in [-0.2, 0) is 4.74 Å². The lowest BCUT2D eigenvalue weighted by molar-refractivity contribution is 0.0476. The van der Waals surface area contributed by atoms with Gasteiger partial charge >= 0.3 is 5.97 Å². The van der Waals surface area contributed by atoms with E-state index in [1.54, 1.807) is 6.20 Å². The molecule has 2 aromatic carbocycles. The van der Waals surface area contributed by atoms with Crippen molar-refractivity contribution >= 4 is 51.5 Å². The number of aromatic amines is 1. The van der Waals surface area contributed by atoms with Gasteiger partial charge in [-0.3, -0.25) is 4.79 Å². The zero-order valence-corrected chi connectivity index (χ0v) is 13.8. The Morgan fingerprint density at radius 1 is 1.12 bits per heavy atom. The summed E-state index contributed by atoms with van der Waals surface area (Å²) in [5.74, 6) is -1.09. The van der Waals surface area contributed by atoms with Crippen molar-refractivity contribution in [3.63, 3.8) is 0 Å². The second-order valence-electron chi connectivity index (χ2n) is 5.10. The van der Waals surface area contributed by atoms with E-state index in [0.717, 1.165) is 10.9 Å². The quantitative estimate of drug-likeness (QED) is 0.415. The van der Waals surface area contributed by atoms with Crippen LogP contribution in [0.5, 0.6) is 0 Å². The smallest absolute Gasteiger partial charge is 0.340 e. The third kappa shape index (κ3) is 3.09. The predicted octanol–water partition coefficient (Wildman–Crippen LogP) is 4.10. The van der Waals surface area contributed by atoms with E-state index in [9.17, 15) is 9.59 Å². The molecular formula is C17H12Cl2N2O3. The number of fused-ring (bicyclic) bond motifs is 1. The molecule has 0 amide bonds. The molecule has 0 unspecified atom stereocenters. The van der Waals surface area contributed by atoms with E-state index in [2.05, 4.69) is 4.98 Å². The third-order valence-electron chi connectivity index (χ3n) is 3.54. The van der Waals surface area contributed by atoms with E-state index >= 15 is 0 Å². The minimum Gasteiger partial charge on any atom is -0.454 e. The first-order valence-corrected chi connectivity index (χ1v) is 7.74. The monoisotopic (exact) mass is 362 g/mol. The number of carbonyl (C=O) groups excluding carboxylic acids is 2. The van der Waals surface area contributed by atoms with E-state index in [0.29, 0.717) is 5.56 Å². The van der Waals surface area contributed by atoms with E-state index in [1.807, 2.05) is 24.3 Å². The summed E-state index contributed by atoms with van der Waals surface area (Å²) in [6.45, 7) is -0.412. The molecule has 24 heavy (non-hydrogen) atoms. The van der Waals surface area contributed by atoms with Crippen molar-refractivity contribution < 1.29 is 14.3 Å². The summed E-state index contributed by atoms with van der Waals surface area (Å²) >= 11 is 11.7. The molecule has 0 atom stereocenters. The van der Waals surface area contributed by atoms with Gasteiger partial charge in [0.1, 0.15) is 0 Å². The summed E-state index contributed by atoms with van der Waals surface area (Å²) in [7, 11) is 0. The summed E-state index contributed by atoms with van der Waals surface area (Å²) in [5.41, 5.74) is 7.12. The number of H-pyrrole nitrogens is 1. The highest BCUT2D eigenvalue weighted by atomic mass is 35.5. The molecule has 0 saturated carbocycles. The van der Waals surface area contributed by atoms with Gasteiger partial charge in [0, 0.05) is 27.7 Å². The molecule has 3 aromatic rings. The first-order chi connectivity index (χ1) is 11.5. The molecule has 1 heterocycles. The minimum atomic E-state index is -0.759. The fraction of sp³-hybridized carbons (Fsp3) is 0.0588. The average Bonchev–Trinajstić information content (AvgIpc) is 2.99. The lowest BCUT2D eigenvalue weighted by Gasteiger charge is -2.08. The van der Waals surface area contributed by atoms with Gasteiger partial charge < -0.3 is 15.5 Å². The lowest BCUT2D eigenvalue weighted by Crippen LogP contribution is -2.15. The van der Waals surface area contributed by atoms with Crippen LogP contribution in [0, 0.1) is 0 Å². The van der Waals surface area contributed by atoms with Gasteiger partial charge in [-0.05, 0) is 18.2 Å². The summed E-state index contributed by atoms with van der Waals surface area (Å²) < 4.78 is 5.05. The Bertz CT molecular complexity index is 950. The van der Waals surface area contributed by atoms with E-state index in [-0.39, 0.29) is 27.1 Å². The van der Waals surface area contributed by atoms with E-state index < -0.39 is 12.6 Å². The SMILES string of the molecule is Nc1c(Cl)cc(Cl)cc1C(=O)OCC(=O)c1c[nH]c2ccccc12. The number of Topliss-reactive ketones (excluding diaryl/α,β-unsaturated/α-hetero) is 1. The first-order valence-electron chi connectivity index (χ1n) is 6.98. The molecule has 7 heteroatoms. The van der Waals surface area contributed by atoms with Gasteiger partial charge in [0.15, 0.2) is 6.61 Å². The van der Waals surface area contributed by atoms with Gasteiger partial charge in [-0.15, -0.1) is 0 Å². The largest absolute Gasteiger partial charge is 0.454 e. The Morgan fingerprint density at radius 3 is 2.67 bits per heavy atom. The van der Waals surface area contributed by atoms with Crippen LogP contribution < -0.4 is 5.73 Å². The molecule has 0 saturated heterocycles. The van der Waals surface area contributed by atoms with Crippen LogP contribution in [0.3, 0.4) is 0 Å². The number of nitrogens with one attached hydrogen (secondary N) is 1. The van der Waals surface area contributed by atoms with Crippen molar-refractivity contribution in [2.24, 2.45) is 0 Å². The Hall–Kier alpha value is -2.50. The maximum Gasteiger partial charge on any atom is 0.340 e. The van der Waals surface area contributed by atoms with Crippen LogP contribution in [-0.4, -0.2) is 23.3 Å². The number of rotatable bonds is 4. The maximum absolute atomic E-state index is 12.3. The van der Waals surface area contributed by atoms with Gasteiger partial charge in [-0.25, -0.2) is 4.79 Å². The highest BCUT2D eigenvalue weighted by Gasteiger charge is 2.18. The molecular weight excluding hydrogens is 351 g/mol. The number of hydrogen-bond donors (Lipinski definition) is 2. The van der Waals surface area contributed by atoms with Crippen molar-refractivity contribution in [3.8, 4) is 0 Å². The number of esters is 1. The molecule has 0 aliphatic rings. The van der Waals surface area contributed by atoms with Crippen molar-refractivity contribution in [2.75, 3.05) is 12.3 Å². The van der Waals surface area contributed by atoms with Crippen LogP contribution in [0.4, 0.5) is 5.69 Å². The summed E-state index contributed by atoms with van der Waals surface area (Å²) in [5, 5.41) is 1.17. The number of ether oxygens (including phenoxy) is 1. The van der Waals surface area contributed by atoms with Crippen molar-refractivity contribution in [1.29, 1.82) is 0 Å². The van der Waals surface area contributed by atoms with Crippen LogP contribution in [0.15, 0.2) is 42.6 Å².